The van der Waals surface area contributed by atoms with Crippen molar-refractivity contribution in [3.63, 3.8) is 0 Å². The maximum Gasteiger partial charge on any atom is 0.130 e. The van der Waals surface area contributed by atoms with Crippen LogP contribution in [0.4, 0.5) is 5.69 Å². The van der Waals surface area contributed by atoms with Gasteiger partial charge in [0.1, 0.15) is 12.4 Å². The Bertz CT molecular complexity index is 541. The Hall–Kier alpha value is -1.81. The fourth-order valence-electron chi connectivity index (χ4n) is 1.79. The summed E-state index contributed by atoms with van der Waals surface area (Å²) in [7, 11) is 0. The summed E-state index contributed by atoms with van der Waals surface area (Å²) in [6.45, 7) is 6.15. The molecule has 4 nitrogen and oxygen atoms in total. The molecule has 1 aromatic heterocycles. The van der Waals surface area contributed by atoms with E-state index in [9.17, 15) is 0 Å². The first-order chi connectivity index (χ1) is 9.16. The lowest BCUT2D eigenvalue weighted by Gasteiger charge is -2.10. The number of fused-ring (bicyclic) bond motifs is 1. The fraction of sp³-hybridized carbons (Fsp3) is 0.400. The summed E-state index contributed by atoms with van der Waals surface area (Å²) in [4.78, 5) is 4.28. The van der Waals surface area contributed by atoms with Crippen molar-refractivity contribution in [2.75, 3.05) is 25.6 Å². The van der Waals surface area contributed by atoms with Gasteiger partial charge in [-0.05, 0) is 30.2 Å². The van der Waals surface area contributed by atoms with Crippen LogP contribution in [-0.2, 0) is 4.74 Å². The SMILES string of the molecule is CC(C)COCCOc1ccnc2cc(N)ccc12. The number of nitrogens with two attached hydrogens (primary N) is 1. The van der Waals surface area contributed by atoms with E-state index in [0.717, 1.165) is 23.3 Å². The third kappa shape index (κ3) is 3.83. The van der Waals surface area contributed by atoms with Gasteiger partial charge in [0.25, 0.3) is 0 Å². The fourth-order valence-corrected chi connectivity index (χ4v) is 1.79. The predicted molar refractivity (Wildman–Crippen MR) is 77.3 cm³/mol. The van der Waals surface area contributed by atoms with Crippen molar-refractivity contribution in [3.8, 4) is 5.75 Å². The van der Waals surface area contributed by atoms with Gasteiger partial charge < -0.3 is 15.2 Å². The topological polar surface area (TPSA) is 57.4 Å². The van der Waals surface area contributed by atoms with E-state index in [-0.39, 0.29) is 0 Å². The Morgan fingerprint density at radius 1 is 1.21 bits per heavy atom. The van der Waals surface area contributed by atoms with E-state index < -0.39 is 0 Å². The second-order valence-corrected chi connectivity index (χ2v) is 4.90. The molecule has 0 saturated heterocycles. The van der Waals surface area contributed by atoms with Crippen molar-refractivity contribution in [2.45, 2.75) is 13.8 Å². The zero-order valence-corrected chi connectivity index (χ0v) is 11.4. The van der Waals surface area contributed by atoms with Crippen molar-refractivity contribution < 1.29 is 9.47 Å². The van der Waals surface area contributed by atoms with Crippen LogP contribution < -0.4 is 10.5 Å². The third-order valence-corrected chi connectivity index (χ3v) is 2.66. The number of hydrogen-bond donors (Lipinski definition) is 1. The zero-order chi connectivity index (χ0) is 13.7. The molecule has 0 atom stereocenters. The summed E-state index contributed by atoms with van der Waals surface area (Å²) in [5.74, 6) is 1.36. The minimum atomic E-state index is 0.538. The summed E-state index contributed by atoms with van der Waals surface area (Å²) >= 11 is 0. The molecule has 0 fully saturated rings. The van der Waals surface area contributed by atoms with Crippen molar-refractivity contribution in [1.29, 1.82) is 0 Å². The maximum absolute atomic E-state index is 5.74. The van der Waals surface area contributed by atoms with Gasteiger partial charge in [0.2, 0.25) is 0 Å². The van der Waals surface area contributed by atoms with E-state index in [1.165, 1.54) is 0 Å². The Balaban J connectivity index is 1.97. The molecular weight excluding hydrogens is 240 g/mol. The van der Waals surface area contributed by atoms with Crippen LogP contribution in [0, 0.1) is 5.92 Å². The van der Waals surface area contributed by atoms with Gasteiger partial charge in [-0.15, -0.1) is 0 Å². The van der Waals surface area contributed by atoms with Gasteiger partial charge in [0, 0.05) is 23.9 Å². The monoisotopic (exact) mass is 260 g/mol. The van der Waals surface area contributed by atoms with Crippen LogP contribution in [0.1, 0.15) is 13.8 Å². The predicted octanol–water partition coefficient (Wildman–Crippen LogP) is 2.87. The molecule has 102 valence electrons. The number of nitrogens with zero attached hydrogens (tertiary/aromatic N) is 1. The van der Waals surface area contributed by atoms with Gasteiger partial charge in [0.05, 0.1) is 12.1 Å². The molecule has 2 N–H and O–H groups in total. The van der Waals surface area contributed by atoms with Crippen LogP contribution >= 0.6 is 0 Å². The van der Waals surface area contributed by atoms with Gasteiger partial charge in [-0.25, -0.2) is 0 Å². The van der Waals surface area contributed by atoms with E-state index in [4.69, 9.17) is 15.2 Å². The van der Waals surface area contributed by atoms with Crippen molar-refractivity contribution in [2.24, 2.45) is 5.92 Å². The number of pyridine rings is 1. The second-order valence-electron chi connectivity index (χ2n) is 4.90. The molecule has 0 amide bonds. The van der Waals surface area contributed by atoms with Gasteiger partial charge in [-0.1, -0.05) is 13.8 Å². The molecular formula is C15H20N2O2. The Morgan fingerprint density at radius 2 is 2.05 bits per heavy atom. The molecule has 2 rings (SSSR count). The molecule has 19 heavy (non-hydrogen) atoms. The van der Waals surface area contributed by atoms with Crippen LogP contribution in [0.25, 0.3) is 10.9 Å². The molecule has 2 aromatic rings. The Kier molecular flexibility index (Phi) is 4.58. The number of anilines is 1. The quantitative estimate of drug-likeness (QED) is 0.641. The molecule has 0 spiro atoms. The lowest BCUT2D eigenvalue weighted by molar-refractivity contribution is 0.0823. The second kappa shape index (κ2) is 6.38. The average molecular weight is 260 g/mol. The average Bonchev–Trinajstić information content (AvgIpc) is 2.37. The third-order valence-electron chi connectivity index (χ3n) is 2.66. The molecule has 0 aliphatic rings. The molecule has 4 heteroatoms. The van der Waals surface area contributed by atoms with Gasteiger partial charge >= 0.3 is 0 Å². The molecule has 0 unspecified atom stereocenters. The highest BCUT2D eigenvalue weighted by atomic mass is 16.5. The highest BCUT2D eigenvalue weighted by Crippen LogP contribution is 2.25. The first-order valence-corrected chi connectivity index (χ1v) is 6.51. The summed E-state index contributed by atoms with van der Waals surface area (Å²) in [5, 5.41) is 0.973. The number of nitrogen functional groups attached to an aromatic ring is 1. The minimum Gasteiger partial charge on any atom is -0.490 e. The molecule has 0 saturated carbocycles. The molecule has 0 aliphatic carbocycles. The number of benzene rings is 1. The minimum absolute atomic E-state index is 0.538. The number of aromatic nitrogens is 1. The van der Waals surface area contributed by atoms with Crippen LogP contribution in [0.15, 0.2) is 30.5 Å². The van der Waals surface area contributed by atoms with Gasteiger partial charge in [0.15, 0.2) is 0 Å². The van der Waals surface area contributed by atoms with Crippen LogP contribution in [0.5, 0.6) is 5.75 Å². The number of rotatable bonds is 6. The van der Waals surface area contributed by atoms with E-state index in [2.05, 4.69) is 18.8 Å². The summed E-state index contributed by atoms with van der Waals surface area (Å²) in [6.07, 6.45) is 1.73. The normalized spacial score (nSPS) is 11.1. The number of hydrogen-bond acceptors (Lipinski definition) is 4. The highest BCUT2D eigenvalue weighted by molar-refractivity contribution is 5.87. The lowest BCUT2D eigenvalue weighted by Crippen LogP contribution is -2.10. The molecule has 1 aromatic carbocycles. The summed E-state index contributed by atoms with van der Waals surface area (Å²) in [6, 6.07) is 7.49. The van der Waals surface area contributed by atoms with Crippen LogP contribution in [0.2, 0.25) is 0 Å². The van der Waals surface area contributed by atoms with E-state index in [0.29, 0.717) is 24.8 Å². The first kappa shape index (κ1) is 13.6. The van der Waals surface area contributed by atoms with Crippen molar-refractivity contribution in [3.05, 3.63) is 30.5 Å². The van der Waals surface area contributed by atoms with E-state index in [1.54, 1.807) is 6.20 Å². The Morgan fingerprint density at radius 3 is 2.84 bits per heavy atom. The van der Waals surface area contributed by atoms with Crippen molar-refractivity contribution >= 4 is 16.6 Å². The molecule has 0 aliphatic heterocycles. The Labute approximate surface area is 113 Å². The highest BCUT2D eigenvalue weighted by Gasteiger charge is 2.03. The van der Waals surface area contributed by atoms with Crippen LogP contribution in [-0.4, -0.2) is 24.8 Å². The summed E-state index contributed by atoms with van der Waals surface area (Å²) < 4.78 is 11.2. The van der Waals surface area contributed by atoms with Crippen LogP contribution in [0.3, 0.4) is 0 Å². The summed E-state index contributed by atoms with van der Waals surface area (Å²) in [5.41, 5.74) is 7.29. The van der Waals surface area contributed by atoms with E-state index >= 15 is 0 Å². The zero-order valence-electron chi connectivity index (χ0n) is 11.4. The van der Waals surface area contributed by atoms with Crippen molar-refractivity contribution in [1.82, 2.24) is 4.98 Å². The number of ether oxygens (including phenoxy) is 2. The van der Waals surface area contributed by atoms with Gasteiger partial charge in [-0.2, -0.15) is 0 Å². The van der Waals surface area contributed by atoms with E-state index in [1.807, 2.05) is 24.3 Å². The molecule has 0 bridgehead atoms. The lowest BCUT2D eigenvalue weighted by atomic mass is 10.2. The first-order valence-electron chi connectivity index (χ1n) is 6.51. The smallest absolute Gasteiger partial charge is 0.130 e. The molecule has 0 radical (unpaired) electrons. The maximum atomic E-state index is 5.74. The molecule has 1 heterocycles. The largest absolute Gasteiger partial charge is 0.490 e. The van der Waals surface area contributed by atoms with Gasteiger partial charge in [-0.3, -0.25) is 4.98 Å². The standard InChI is InChI=1S/C15H20N2O2/c1-11(2)10-18-7-8-19-15-5-6-17-14-9-12(16)3-4-13(14)15/h3-6,9,11H,7-8,10,16H2,1-2H3.